The zero-order valence-electron chi connectivity index (χ0n) is 18.8. The number of carbonyl (C=O) groups excluding carboxylic acids is 1. The van der Waals surface area contributed by atoms with Gasteiger partial charge < -0.3 is 15.5 Å². The fourth-order valence-electron chi connectivity index (χ4n) is 4.36. The summed E-state index contributed by atoms with van der Waals surface area (Å²) < 4.78 is 28.1. The molecule has 1 saturated heterocycles. The van der Waals surface area contributed by atoms with Crippen molar-refractivity contribution in [2.75, 3.05) is 26.2 Å². The molecule has 0 radical (unpaired) electrons. The van der Waals surface area contributed by atoms with E-state index >= 15 is 0 Å². The molecule has 0 spiro atoms. The van der Waals surface area contributed by atoms with Gasteiger partial charge in [-0.3, -0.25) is 9.79 Å². The zero-order valence-corrected chi connectivity index (χ0v) is 21.1. The fraction of sp³-hybridized carbons (Fsp3) is 0.440. The lowest BCUT2D eigenvalue weighted by atomic mass is 10.1. The van der Waals surface area contributed by atoms with Gasteiger partial charge in [0, 0.05) is 56.0 Å². The Labute approximate surface area is 211 Å². The Balaban J connectivity index is 0.00000306. The summed E-state index contributed by atoms with van der Waals surface area (Å²) in [5.41, 5.74) is 1.38. The number of carbonyl (C=O) groups is 1. The van der Waals surface area contributed by atoms with Gasteiger partial charge in [0.25, 0.3) is 0 Å². The third-order valence-electron chi connectivity index (χ3n) is 6.14. The molecule has 1 heterocycles. The van der Waals surface area contributed by atoms with E-state index in [-0.39, 0.29) is 53.3 Å². The second kappa shape index (κ2) is 11.8. The second-order valence-electron chi connectivity index (χ2n) is 8.59. The van der Waals surface area contributed by atoms with Gasteiger partial charge in [0.15, 0.2) is 5.96 Å². The summed E-state index contributed by atoms with van der Waals surface area (Å²) >= 11 is 0. The number of hydrogen-bond acceptors (Lipinski definition) is 2. The summed E-state index contributed by atoms with van der Waals surface area (Å²) in [5.74, 6) is -0.208. The first-order chi connectivity index (χ1) is 15.5. The zero-order chi connectivity index (χ0) is 22.5. The Morgan fingerprint density at radius 1 is 1.12 bits per heavy atom. The molecule has 33 heavy (non-hydrogen) atoms. The topological polar surface area (TPSA) is 56.7 Å². The van der Waals surface area contributed by atoms with Gasteiger partial charge in [0.2, 0.25) is 5.91 Å². The number of hydrogen-bond donors (Lipinski definition) is 2. The maximum atomic E-state index is 14.0. The van der Waals surface area contributed by atoms with Crippen LogP contribution in [0.3, 0.4) is 0 Å². The highest BCUT2D eigenvalue weighted by Gasteiger charge is 2.42. The number of amides is 1. The number of rotatable bonds is 8. The number of halogens is 3. The van der Waals surface area contributed by atoms with Crippen molar-refractivity contribution in [1.82, 2.24) is 15.5 Å². The Hall–Kier alpha value is -2.23. The minimum absolute atomic E-state index is 0. The number of nitrogens with zero attached hydrogens (tertiary/aromatic N) is 2. The average Bonchev–Trinajstić information content (AvgIpc) is 3.43. The summed E-state index contributed by atoms with van der Waals surface area (Å²) in [6, 6.07) is 14.1. The average molecular weight is 568 g/mol. The molecule has 3 unspecified atom stereocenters. The predicted molar refractivity (Wildman–Crippen MR) is 137 cm³/mol. The minimum Gasteiger partial charge on any atom is -0.357 e. The molecule has 1 aliphatic carbocycles. The summed E-state index contributed by atoms with van der Waals surface area (Å²) in [5, 5.41) is 6.50. The van der Waals surface area contributed by atoms with E-state index in [0.29, 0.717) is 38.4 Å². The van der Waals surface area contributed by atoms with Crippen molar-refractivity contribution >= 4 is 35.8 Å². The predicted octanol–water partition coefficient (Wildman–Crippen LogP) is 4.09. The van der Waals surface area contributed by atoms with Crippen LogP contribution < -0.4 is 10.6 Å². The molecule has 2 aliphatic rings. The Morgan fingerprint density at radius 3 is 2.55 bits per heavy atom. The molecule has 0 aromatic heterocycles. The molecule has 2 aromatic rings. The van der Waals surface area contributed by atoms with Crippen LogP contribution in [0.15, 0.2) is 53.5 Å². The van der Waals surface area contributed by atoms with Crippen molar-refractivity contribution in [2.24, 2.45) is 10.9 Å². The maximum absolute atomic E-state index is 14.0. The first kappa shape index (κ1) is 25.4. The van der Waals surface area contributed by atoms with Crippen LogP contribution in [0.1, 0.15) is 36.8 Å². The molecule has 4 rings (SSSR count). The quantitative estimate of drug-likeness (QED) is 0.287. The lowest BCUT2D eigenvalue weighted by molar-refractivity contribution is -0.127. The Bertz CT molecular complexity index is 952. The molecule has 1 aliphatic heterocycles. The number of likely N-dealkylation sites (tertiary alicyclic amines) is 1. The van der Waals surface area contributed by atoms with E-state index in [1.807, 2.05) is 30.0 Å². The van der Waals surface area contributed by atoms with Crippen LogP contribution in [-0.4, -0.2) is 49.0 Å². The molecule has 2 aromatic carbocycles. The lowest BCUT2D eigenvalue weighted by Crippen LogP contribution is -2.39. The van der Waals surface area contributed by atoms with E-state index in [1.54, 1.807) is 0 Å². The molecule has 1 saturated carbocycles. The number of nitrogens with one attached hydrogen (secondary N) is 2. The molecule has 3 atom stereocenters. The SMILES string of the molecule is CCNC(=NCC1CC(=O)N(CCc2ccccc2)C1)NC1CC1c1c(F)cccc1F.I. The van der Waals surface area contributed by atoms with Crippen molar-refractivity contribution in [1.29, 1.82) is 0 Å². The summed E-state index contributed by atoms with van der Waals surface area (Å²) in [7, 11) is 0. The van der Waals surface area contributed by atoms with Crippen LogP contribution in [0.2, 0.25) is 0 Å². The second-order valence-corrected chi connectivity index (χ2v) is 8.59. The fourth-order valence-corrected chi connectivity index (χ4v) is 4.36. The van der Waals surface area contributed by atoms with Gasteiger partial charge in [0.1, 0.15) is 11.6 Å². The van der Waals surface area contributed by atoms with Gasteiger partial charge in [-0.25, -0.2) is 8.78 Å². The van der Waals surface area contributed by atoms with Gasteiger partial charge in [0.05, 0.1) is 0 Å². The third-order valence-corrected chi connectivity index (χ3v) is 6.14. The van der Waals surface area contributed by atoms with Crippen LogP contribution >= 0.6 is 24.0 Å². The normalized spacial score (nSPS) is 22.2. The smallest absolute Gasteiger partial charge is 0.223 e. The van der Waals surface area contributed by atoms with E-state index in [1.165, 1.54) is 23.8 Å². The number of benzene rings is 2. The molecule has 8 heteroatoms. The monoisotopic (exact) mass is 568 g/mol. The van der Waals surface area contributed by atoms with Gasteiger partial charge in [-0.1, -0.05) is 36.4 Å². The Kier molecular flexibility index (Phi) is 9.05. The molecule has 2 fully saturated rings. The highest BCUT2D eigenvalue weighted by molar-refractivity contribution is 14.0. The van der Waals surface area contributed by atoms with E-state index in [2.05, 4.69) is 27.8 Å². The van der Waals surface area contributed by atoms with E-state index in [4.69, 9.17) is 0 Å². The standard InChI is InChI=1S/C25H30F2N4O.HI/c1-2-28-25(30-22-14-19(22)24-20(26)9-6-10-21(24)27)29-15-18-13-23(32)31(16-18)12-11-17-7-4-3-5-8-17;/h3-10,18-19,22H,2,11-16H2,1H3,(H2,28,29,30);1H. The summed E-state index contributed by atoms with van der Waals surface area (Å²) in [6.07, 6.45) is 2.02. The minimum atomic E-state index is -0.499. The van der Waals surface area contributed by atoms with E-state index in [0.717, 1.165) is 13.0 Å². The lowest BCUT2D eigenvalue weighted by Gasteiger charge is -2.16. The van der Waals surface area contributed by atoms with Gasteiger partial charge in [-0.05, 0) is 37.5 Å². The van der Waals surface area contributed by atoms with Gasteiger partial charge in [-0.15, -0.1) is 24.0 Å². The number of aliphatic imine (C=N–C) groups is 1. The highest BCUT2D eigenvalue weighted by atomic mass is 127. The molecule has 0 bridgehead atoms. The summed E-state index contributed by atoms with van der Waals surface area (Å²) in [4.78, 5) is 19.0. The van der Waals surface area contributed by atoms with Crippen molar-refractivity contribution in [3.63, 3.8) is 0 Å². The van der Waals surface area contributed by atoms with Crippen molar-refractivity contribution in [2.45, 2.75) is 38.1 Å². The van der Waals surface area contributed by atoms with Crippen LogP contribution in [-0.2, 0) is 11.2 Å². The largest absolute Gasteiger partial charge is 0.357 e. The highest BCUT2D eigenvalue weighted by Crippen LogP contribution is 2.43. The molecule has 2 N–H and O–H groups in total. The van der Waals surface area contributed by atoms with Crippen molar-refractivity contribution in [3.05, 3.63) is 71.3 Å². The molecule has 178 valence electrons. The maximum Gasteiger partial charge on any atom is 0.223 e. The Morgan fingerprint density at radius 2 is 1.85 bits per heavy atom. The van der Waals surface area contributed by atoms with E-state index < -0.39 is 11.6 Å². The van der Waals surface area contributed by atoms with Gasteiger partial charge in [-0.2, -0.15) is 0 Å². The summed E-state index contributed by atoms with van der Waals surface area (Å²) in [6.45, 7) is 4.63. The number of guanidine groups is 1. The van der Waals surface area contributed by atoms with Crippen molar-refractivity contribution < 1.29 is 13.6 Å². The molecular formula is C25H31F2IN4O. The molecule has 5 nitrogen and oxygen atoms in total. The first-order valence-electron chi connectivity index (χ1n) is 11.4. The van der Waals surface area contributed by atoms with Gasteiger partial charge >= 0.3 is 0 Å². The third kappa shape index (κ3) is 6.65. The van der Waals surface area contributed by atoms with Crippen LogP contribution in [0.25, 0.3) is 0 Å². The van der Waals surface area contributed by atoms with E-state index in [9.17, 15) is 13.6 Å². The van der Waals surface area contributed by atoms with Crippen molar-refractivity contribution in [3.8, 4) is 0 Å². The van der Waals surface area contributed by atoms with Crippen LogP contribution in [0.4, 0.5) is 8.78 Å². The molecule has 1 amide bonds. The molecular weight excluding hydrogens is 537 g/mol. The van der Waals surface area contributed by atoms with Crippen LogP contribution in [0, 0.1) is 17.6 Å². The first-order valence-corrected chi connectivity index (χ1v) is 11.4. The van der Waals surface area contributed by atoms with Crippen LogP contribution in [0.5, 0.6) is 0 Å².